The SMILES string of the molecule is O=C(O)CC1(CC(=O)NCc2ncon2)CCCC1. The summed E-state index contributed by atoms with van der Waals surface area (Å²) in [4.78, 5) is 26.6. The van der Waals surface area contributed by atoms with Gasteiger partial charge in [-0.05, 0) is 18.3 Å². The van der Waals surface area contributed by atoms with E-state index in [0.717, 1.165) is 25.7 Å². The van der Waals surface area contributed by atoms with E-state index >= 15 is 0 Å². The zero-order valence-corrected chi connectivity index (χ0v) is 10.6. The fourth-order valence-electron chi connectivity index (χ4n) is 2.71. The summed E-state index contributed by atoms with van der Waals surface area (Å²) < 4.78 is 4.56. The Hall–Kier alpha value is -1.92. The summed E-state index contributed by atoms with van der Waals surface area (Å²) in [6.45, 7) is 0.207. The smallest absolute Gasteiger partial charge is 0.303 e. The van der Waals surface area contributed by atoms with Crippen molar-refractivity contribution in [1.29, 1.82) is 0 Å². The molecule has 7 heteroatoms. The highest BCUT2D eigenvalue weighted by Crippen LogP contribution is 2.43. The number of carboxylic acid groups (broad SMARTS) is 1. The summed E-state index contributed by atoms with van der Waals surface area (Å²) in [5, 5.41) is 15.3. The van der Waals surface area contributed by atoms with Gasteiger partial charge < -0.3 is 14.9 Å². The number of hydrogen-bond donors (Lipinski definition) is 2. The normalized spacial score (nSPS) is 17.3. The minimum atomic E-state index is -0.840. The Bertz CT molecular complexity index is 438. The number of carbonyl (C=O) groups excluding carboxylic acids is 1. The minimum Gasteiger partial charge on any atom is -0.481 e. The highest BCUT2D eigenvalue weighted by Gasteiger charge is 2.37. The molecule has 0 saturated heterocycles. The number of rotatable bonds is 6. The topological polar surface area (TPSA) is 105 Å². The van der Waals surface area contributed by atoms with Gasteiger partial charge in [0.2, 0.25) is 12.3 Å². The number of hydrogen-bond acceptors (Lipinski definition) is 5. The predicted octanol–water partition coefficient (Wildman–Crippen LogP) is 1.11. The van der Waals surface area contributed by atoms with E-state index in [9.17, 15) is 9.59 Å². The second-order valence-electron chi connectivity index (χ2n) is 5.08. The van der Waals surface area contributed by atoms with Crippen LogP contribution in [-0.2, 0) is 16.1 Å². The predicted molar refractivity (Wildman–Crippen MR) is 63.9 cm³/mol. The van der Waals surface area contributed by atoms with Gasteiger partial charge in [-0.25, -0.2) is 0 Å². The molecule has 19 heavy (non-hydrogen) atoms. The Morgan fingerprint density at radius 1 is 1.37 bits per heavy atom. The molecule has 0 atom stereocenters. The number of nitrogens with zero attached hydrogens (tertiary/aromatic N) is 2. The molecule has 0 bridgehead atoms. The molecule has 1 aromatic rings. The first-order chi connectivity index (χ1) is 9.10. The van der Waals surface area contributed by atoms with Crippen molar-refractivity contribution >= 4 is 11.9 Å². The molecule has 0 spiro atoms. The summed E-state index contributed by atoms with van der Waals surface area (Å²) in [6.07, 6.45) is 5.09. The Balaban J connectivity index is 1.86. The fraction of sp³-hybridized carbons (Fsp3) is 0.667. The fourth-order valence-corrected chi connectivity index (χ4v) is 2.71. The second kappa shape index (κ2) is 5.81. The third kappa shape index (κ3) is 3.77. The van der Waals surface area contributed by atoms with Crippen LogP contribution in [0.3, 0.4) is 0 Å². The van der Waals surface area contributed by atoms with Crippen molar-refractivity contribution in [2.24, 2.45) is 5.41 Å². The summed E-state index contributed by atoms with van der Waals surface area (Å²) in [5.74, 6) is -0.590. The molecular weight excluding hydrogens is 250 g/mol. The van der Waals surface area contributed by atoms with E-state index in [4.69, 9.17) is 5.11 Å². The van der Waals surface area contributed by atoms with Crippen LogP contribution >= 0.6 is 0 Å². The quantitative estimate of drug-likeness (QED) is 0.799. The first-order valence-electron chi connectivity index (χ1n) is 6.33. The zero-order valence-electron chi connectivity index (χ0n) is 10.6. The van der Waals surface area contributed by atoms with Crippen molar-refractivity contribution in [2.45, 2.75) is 45.1 Å². The van der Waals surface area contributed by atoms with E-state index in [1.54, 1.807) is 0 Å². The molecule has 0 aliphatic heterocycles. The van der Waals surface area contributed by atoms with Crippen molar-refractivity contribution in [3.05, 3.63) is 12.2 Å². The Morgan fingerprint density at radius 2 is 2.11 bits per heavy atom. The van der Waals surface area contributed by atoms with Crippen LogP contribution in [-0.4, -0.2) is 27.1 Å². The first-order valence-corrected chi connectivity index (χ1v) is 6.33. The van der Waals surface area contributed by atoms with Gasteiger partial charge in [-0.3, -0.25) is 9.59 Å². The van der Waals surface area contributed by atoms with Gasteiger partial charge in [0, 0.05) is 6.42 Å². The van der Waals surface area contributed by atoms with Crippen molar-refractivity contribution in [3.8, 4) is 0 Å². The number of nitrogens with one attached hydrogen (secondary N) is 1. The van der Waals surface area contributed by atoms with Crippen molar-refractivity contribution in [2.75, 3.05) is 0 Å². The van der Waals surface area contributed by atoms with E-state index in [1.165, 1.54) is 6.39 Å². The maximum absolute atomic E-state index is 11.9. The molecule has 1 saturated carbocycles. The van der Waals surface area contributed by atoms with Gasteiger partial charge in [0.25, 0.3) is 0 Å². The molecule has 2 N–H and O–H groups in total. The summed E-state index contributed by atoms with van der Waals surface area (Å²) in [7, 11) is 0. The molecule has 1 aromatic heterocycles. The van der Waals surface area contributed by atoms with E-state index < -0.39 is 5.97 Å². The molecule has 1 fully saturated rings. The monoisotopic (exact) mass is 267 g/mol. The number of carbonyl (C=O) groups is 2. The van der Waals surface area contributed by atoms with E-state index in [2.05, 4.69) is 20.0 Å². The highest BCUT2D eigenvalue weighted by atomic mass is 16.5. The molecule has 2 rings (SSSR count). The zero-order chi connectivity index (χ0) is 13.7. The third-order valence-electron chi connectivity index (χ3n) is 3.58. The molecule has 1 aliphatic rings. The Kier molecular flexibility index (Phi) is 4.13. The minimum absolute atomic E-state index is 0.0582. The van der Waals surface area contributed by atoms with Gasteiger partial charge >= 0.3 is 5.97 Å². The average molecular weight is 267 g/mol. The number of carboxylic acids is 1. The van der Waals surface area contributed by atoms with Crippen LogP contribution in [0.5, 0.6) is 0 Å². The standard InChI is InChI=1S/C12H17N3O4/c16-10(13-7-9-14-8-19-15-9)5-12(6-11(17)18)3-1-2-4-12/h8H,1-7H2,(H,13,16)(H,17,18). The van der Waals surface area contributed by atoms with Gasteiger partial charge in [-0.15, -0.1) is 0 Å². The Labute approximate surface area is 110 Å². The lowest BCUT2D eigenvalue weighted by Crippen LogP contribution is -2.32. The van der Waals surface area contributed by atoms with E-state index in [1.807, 2.05) is 0 Å². The van der Waals surface area contributed by atoms with Crippen LogP contribution in [0.2, 0.25) is 0 Å². The lowest BCUT2D eigenvalue weighted by Gasteiger charge is -2.26. The number of aliphatic carboxylic acids is 1. The summed E-state index contributed by atoms with van der Waals surface area (Å²) in [5.41, 5.74) is -0.382. The van der Waals surface area contributed by atoms with Gasteiger partial charge in [0.05, 0.1) is 13.0 Å². The van der Waals surface area contributed by atoms with E-state index in [0.29, 0.717) is 5.82 Å². The maximum Gasteiger partial charge on any atom is 0.303 e. The molecule has 0 radical (unpaired) electrons. The molecular formula is C12H17N3O4. The van der Waals surface area contributed by atoms with Gasteiger partial charge in [-0.1, -0.05) is 18.0 Å². The van der Waals surface area contributed by atoms with Crippen molar-refractivity contribution < 1.29 is 19.2 Å². The lowest BCUT2D eigenvalue weighted by atomic mass is 9.79. The van der Waals surface area contributed by atoms with Crippen molar-refractivity contribution in [3.63, 3.8) is 0 Å². The highest BCUT2D eigenvalue weighted by molar-refractivity contribution is 5.78. The summed E-state index contributed by atoms with van der Waals surface area (Å²) in [6, 6.07) is 0. The molecule has 104 valence electrons. The van der Waals surface area contributed by atoms with Crippen LogP contribution in [0.1, 0.15) is 44.3 Å². The van der Waals surface area contributed by atoms with Crippen LogP contribution in [0, 0.1) is 5.41 Å². The number of aromatic nitrogens is 2. The van der Waals surface area contributed by atoms with Crippen LogP contribution in [0.15, 0.2) is 10.9 Å². The first kappa shape index (κ1) is 13.5. The molecule has 1 aliphatic carbocycles. The number of amides is 1. The molecule has 1 amide bonds. The second-order valence-corrected chi connectivity index (χ2v) is 5.08. The molecule has 7 nitrogen and oxygen atoms in total. The van der Waals surface area contributed by atoms with E-state index in [-0.39, 0.29) is 30.7 Å². The third-order valence-corrected chi connectivity index (χ3v) is 3.58. The average Bonchev–Trinajstić information content (AvgIpc) is 2.97. The molecule has 1 heterocycles. The van der Waals surface area contributed by atoms with Crippen LogP contribution in [0.4, 0.5) is 0 Å². The van der Waals surface area contributed by atoms with Crippen molar-refractivity contribution in [1.82, 2.24) is 15.5 Å². The Morgan fingerprint density at radius 3 is 2.68 bits per heavy atom. The lowest BCUT2D eigenvalue weighted by molar-refractivity contribution is -0.140. The summed E-state index contributed by atoms with van der Waals surface area (Å²) >= 11 is 0. The van der Waals surface area contributed by atoms with Gasteiger partial charge in [0.15, 0.2) is 5.82 Å². The van der Waals surface area contributed by atoms with Crippen LogP contribution < -0.4 is 5.32 Å². The van der Waals surface area contributed by atoms with Gasteiger partial charge in [-0.2, -0.15) is 4.98 Å². The molecule has 0 aromatic carbocycles. The van der Waals surface area contributed by atoms with Gasteiger partial charge in [0.1, 0.15) is 0 Å². The largest absolute Gasteiger partial charge is 0.481 e. The van der Waals surface area contributed by atoms with Crippen LogP contribution in [0.25, 0.3) is 0 Å². The molecule has 0 unspecified atom stereocenters. The maximum atomic E-state index is 11.9.